The molecule has 0 aliphatic carbocycles. The van der Waals surface area contributed by atoms with Gasteiger partial charge in [-0.1, -0.05) is 28.1 Å². The minimum atomic E-state index is 0.161. The summed E-state index contributed by atoms with van der Waals surface area (Å²) in [4.78, 5) is 15.0. The van der Waals surface area contributed by atoms with Crippen LogP contribution in [0.5, 0.6) is 0 Å². The molecule has 3 rings (SSSR count). The van der Waals surface area contributed by atoms with Crippen LogP contribution in [0.1, 0.15) is 23.2 Å². The Bertz CT molecular complexity index is 676. The van der Waals surface area contributed by atoms with E-state index in [1.807, 2.05) is 48.5 Å². The van der Waals surface area contributed by atoms with E-state index in [4.69, 9.17) is 0 Å². The molecule has 1 heterocycles. The second kappa shape index (κ2) is 7.28. The summed E-state index contributed by atoms with van der Waals surface area (Å²) in [5.74, 6) is 0.437. The lowest BCUT2D eigenvalue weighted by atomic mass is 9.89. The summed E-state index contributed by atoms with van der Waals surface area (Å²) in [7, 11) is 2.11. The van der Waals surface area contributed by atoms with E-state index in [9.17, 15) is 4.79 Å². The summed E-state index contributed by atoms with van der Waals surface area (Å²) in [5, 5.41) is 3.36. The number of carbonyl (C=O) groups excluding carboxylic acids is 1. The highest BCUT2D eigenvalue weighted by Gasteiger charge is 2.24. The molecule has 0 bridgehead atoms. The molecule has 1 N–H and O–H groups in total. The van der Waals surface area contributed by atoms with Gasteiger partial charge in [0.25, 0.3) is 0 Å². The van der Waals surface area contributed by atoms with E-state index in [1.54, 1.807) is 0 Å². The number of rotatable bonds is 4. The minimum Gasteiger partial charge on any atom is -0.356 e. The molecule has 1 aliphatic rings. The first-order valence-corrected chi connectivity index (χ1v) is 8.76. The topological polar surface area (TPSA) is 32.3 Å². The predicted octanol–water partition coefficient (Wildman–Crippen LogP) is 4.72. The summed E-state index contributed by atoms with van der Waals surface area (Å²) in [6.07, 6.45) is 1.92. The molecular weight excluding hydrogens is 352 g/mol. The Labute approximate surface area is 145 Å². The van der Waals surface area contributed by atoms with E-state index in [0.717, 1.165) is 47.3 Å². The Morgan fingerprint density at radius 3 is 2.48 bits per heavy atom. The molecule has 1 fully saturated rings. The molecule has 2 aromatic rings. The van der Waals surface area contributed by atoms with Crippen molar-refractivity contribution in [1.82, 2.24) is 4.90 Å². The molecule has 2 aromatic carbocycles. The first-order valence-electron chi connectivity index (χ1n) is 7.97. The van der Waals surface area contributed by atoms with Gasteiger partial charge in [0.15, 0.2) is 5.78 Å². The lowest BCUT2D eigenvalue weighted by Crippen LogP contribution is -2.33. The van der Waals surface area contributed by atoms with Gasteiger partial charge in [-0.2, -0.15) is 0 Å². The number of Topliss-reactive ketones (excluding diaryl/α,β-unsaturated/α-hetero) is 1. The Morgan fingerprint density at radius 2 is 1.78 bits per heavy atom. The van der Waals surface area contributed by atoms with Gasteiger partial charge in [0, 0.05) is 27.3 Å². The molecule has 0 aromatic heterocycles. The number of nitrogens with one attached hydrogen (secondary N) is 1. The van der Waals surface area contributed by atoms with Crippen molar-refractivity contribution in [2.24, 2.45) is 5.92 Å². The van der Waals surface area contributed by atoms with Gasteiger partial charge < -0.3 is 10.2 Å². The van der Waals surface area contributed by atoms with Crippen LogP contribution >= 0.6 is 15.9 Å². The highest BCUT2D eigenvalue weighted by atomic mass is 79.9. The molecule has 0 saturated carbocycles. The first kappa shape index (κ1) is 16.2. The molecule has 0 amide bonds. The average molecular weight is 373 g/mol. The van der Waals surface area contributed by atoms with Gasteiger partial charge in [0.1, 0.15) is 0 Å². The molecule has 0 atom stereocenters. The minimum absolute atomic E-state index is 0.161. The van der Waals surface area contributed by atoms with Crippen molar-refractivity contribution >= 4 is 33.1 Å². The van der Waals surface area contributed by atoms with Crippen molar-refractivity contribution in [2.75, 3.05) is 25.5 Å². The van der Waals surface area contributed by atoms with Crippen molar-refractivity contribution in [3.8, 4) is 0 Å². The van der Waals surface area contributed by atoms with Gasteiger partial charge >= 0.3 is 0 Å². The number of anilines is 2. The van der Waals surface area contributed by atoms with Crippen molar-refractivity contribution in [3.63, 3.8) is 0 Å². The molecule has 120 valence electrons. The second-order valence-corrected chi connectivity index (χ2v) is 7.07. The summed E-state index contributed by atoms with van der Waals surface area (Å²) < 4.78 is 1.05. The second-order valence-electron chi connectivity index (χ2n) is 6.15. The van der Waals surface area contributed by atoms with Crippen LogP contribution in [0.4, 0.5) is 11.4 Å². The monoisotopic (exact) mass is 372 g/mol. The quantitative estimate of drug-likeness (QED) is 0.788. The van der Waals surface area contributed by atoms with Crippen LogP contribution in [-0.2, 0) is 0 Å². The number of carbonyl (C=O) groups is 1. The molecule has 1 saturated heterocycles. The van der Waals surface area contributed by atoms with E-state index in [1.165, 1.54) is 0 Å². The van der Waals surface area contributed by atoms with Crippen LogP contribution in [0.3, 0.4) is 0 Å². The molecule has 1 aliphatic heterocycles. The normalized spacial score (nSPS) is 16.3. The molecular formula is C19H21BrN2O. The highest BCUT2D eigenvalue weighted by Crippen LogP contribution is 2.24. The molecule has 0 spiro atoms. The summed E-state index contributed by atoms with van der Waals surface area (Å²) in [5.41, 5.74) is 2.77. The fourth-order valence-corrected chi connectivity index (χ4v) is 3.22. The largest absolute Gasteiger partial charge is 0.356 e. The maximum atomic E-state index is 12.7. The van der Waals surface area contributed by atoms with Crippen LogP contribution in [0.25, 0.3) is 0 Å². The zero-order valence-electron chi connectivity index (χ0n) is 13.3. The van der Waals surface area contributed by atoms with Crippen molar-refractivity contribution in [3.05, 3.63) is 58.6 Å². The first-order chi connectivity index (χ1) is 11.1. The zero-order valence-corrected chi connectivity index (χ0v) is 14.8. The van der Waals surface area contributed by atoms with Crippen molar-refractivity contribution in [2.45, 2.75) is 12.8 Å². The van der Waals surface area contributed by atoms with E-state index in [2.05, 4.69) is 33.2 Å². The Hall–Kier alpha value is -1.65. The molecule has 23 heavy (non-hydrogen) atoms. The van der Waals surface area contributed by atoms with Crippen LogP contribution in [0, 0.1) is 5.92 Å². The molecule has 0 unspecified atom stereocenters. The maximum Gasteiger partial charge on any atom is 0.166 e. The van der Waals surface area contributed by atoms with Crippen LogP contribution in [0.15, 0.2) is 53.0 Å². The van der Waals surface area contributed by atoms with Gasteiger partial charge in [-0.25, -0.2) is 0 Å². The number of piperidine rings is 1. The lowest BCUT2D eigenvalue weighted by molar-refractivity contribution is 0.0857. The van der Waals surface area contributed by atoms with Crippen molar-refractivity contribution in [1.29, 1.82) is 0 Å². The van der Waals surface area contributed by atoms with E-state index >= 15 is 0 Å². The Balaban J connectivity index is 1.71. The number of benzene rings is 2. The van der Waals surface area contributed by atoms with E-state index < -0.39 is 0 Å². The smallest absolute Gasteiger partial charge is 0.166 e. The summed E-state index contributed by atoms with van der Waals surface area (Å²) in [6, 6.07) is 15.8. The molecule has 0 radical (unpaired) electrons. The standard InChI is InChI=1S/C19H21BrN2O/c1-22-11-9-14(10-12-22)19(23)15-3-2-4-18(13-15)21-17-7-5-16(20)6-8-17/h2-8,13-14,21H,9-12H2,1H3. The predicted molar refractivity (Wildman–Crippen MR) is 98.4 cm³/mol. The molecule has 4 heteroatoms. The van der Waals surface area contributed by atoms with Gasteiger partial charge in [-0.05, 0) is 69.4 Å². The fraction of sp³-hybridized carbons (Fsp3) is 0.316. The third-order valence-electron chi connectivity index (χ3n) is 4.37. The highest BCUT2D eigenvalue weighted by molar-refractivity contribution is 9.10. The summed E-state index contributed by atoms with van der Waals surface area (Å²) >= 11 is 3.43. The Morgan fingerprint density at radius 1 is 1.09 bits per heavy atom. The van der Waals surface area contributed by atoms with Crippen LogP contribution in [-0.4, -0.2) is 30.8 Å². The maximum absolute atomic E-state index is 12.7. The van der Waals surface area contributed by atoms with Crippen LogP contribution in [0.2, 0.25) is 0 Å². The number of hydrogen-bond acceptors (Lipinski definition) is 3. The zero-order chi connectivity index (χ0) is 16.2. The fourth-order valence-electron chi connectivity index (χ4n) is 2.96. The van der Waals surface area contributed by atoms with E-state index in [0.29, 0.717) is 0 Å². The Kier molecular flexibility index (Phi) is 5.13. The number of halogens is 1. The third kappa shape index (κ3) is 4.21. The van der Waals surface area contributed by atoms with Gasteiger partial charge in [-0.15, -0.1) is 0 Å². The van der Waals surface area contributed by atoms with Gasteiger partial charge in [0.2, 0.25) is 0 Å². The van der Waals surface area contributed by atoms with Gasteiger partial charge in [-0.3, -0.25) is 4.79 Å². The van der Waals surface area contributed by atoms with Crippen LogP contribution < -0.4 is 5.32 Å². The number of nitrogens with zero attached hydrogens (tertiary/aromatic N) is 1. The van der Waals surface area contributed by atoms with E-state index in [-0.39, 0.29) is 11.7 Å². The number of hydrogen-bond donors (Lipinski definition) is 1. The average Bonchev–Trinajstić information content (AvgIpc) is 2.57. The number of ketones is 1. The lowest BCUT2D eigenvalue weighted by Gasteiger charge is -2.28. The molecule has 3 nitrogen and oxygen atoms in total. The summed E-state index contributed by atoms with van der Waals surface area (Å²) in [6.45, 7) is 2.01. The van der Waals surface area contributed by atoms with Crippen molar-refractivity contribution < 1.29 is 4.79 Å². The van der Waals surface area contributed by atoms with Gasteiger partial charge in [0.05, 0.1) is 0 Å². The SMILES string of the molecule is CN1CCC(C(=O)c2cccc(Nc3ccc(Br)cc3)c2)CC1. The number of likely N-dealkylation sites (tertiary alicyclic amines) is 1. The third-order valence-corrected chi connectivity index (χ3v) is 4.90.